The fourth-order valence-electron chi connectivity index (χ4n) is 2.94. The molecule has 5 heteroatoms. The van der Waals surface area contributed by atoms with Crippen LogP contribution in [0.25, 0.3) is 6.08 Å². The van der Waals surface area contributed by atoms with E-state index in [0.29, 0.717) is 6.54 Å². The molecule has 2 aliphatic rings. The van der Waals surface area contributed by atoms with Crippen LogP contribution in [0.1, 0.15) is 51.3 Å². The molecule has 1 aliphatic heterocycles. The predicted octanol–water partition coefficient (Wildman–Crippen LogP) is 2.94. The molecular formula is C19H26BNO3. The summed E-state index contributed by atoms with van der Waals surface area (Å²) in [5, 5.41) is 2.87. The Labute approximate surface area is 144 Å². The van der Waals surface area contributed by atoms with E-state index in [1.165, 1.54) is 24.5 Å². The van der Waals surface area contributed by atoms with Crippen LogP contribution in [0.2, 0.25) is 0 Å². The van der Waals surface area contributed by atoms with Crippen LogP contribution in [0.15, 0.2) is 23.7 Å². The van der Waals surface area contributed by atoms with Gasteiger partial charge in [0.2, 0.25) is 5.91 Å². The average molecular weight is 327 g/mol. The molecule has 1 saturated heterocycles. The molecule has 0 bridgehead atoms. The molecule has 128 valence electrons. The molecule has 1 aromatic carbocycles. The van der Waals surface area contributed by atoms with E-state index >= 15 is 0 Å². The van der Waals surface area contributed by atoms with Crippen LogP contribution in [0.3, 0.4) is 0 Å². The monoisotopic (exact) mass is 327 g/mol. The second-order valence-corrected chi connectivity index (χ2v) is 7.75. The molecular weight excluding hydrogens is 301 g/mol. The van der Waals surface area contributed by atoms with Gasteiger partial charge < -0.3 is 14.6 Å². The molecule has 1 fully saturated rings. The van der Waals surface area contributed by atoms with Crippen LogP contribution >= 0.6 is 0 Å². The smallest absolute Gasteiger partial charge is 0.400 e. The molecule has 1 N–H and O–H groups in total. The topological polar surface area (TPSA) is 47.6 Å². The van der Waals surface area contributed by atoms with Gasteiger partial charge in [-0.25, -0.2) is 0 Å². The number of nitrogens with one attached hydrogen (secondary N) is 1. The van der Waals surface area contributed by atoms with Crippen LogP contribution < -0.4 is 5.32 Å². The van der Waals surface area contributed by atoms with Gasteiger partial charge in [-0.05, 0) is 62.7 Å². The minimum absolute atomic E-state index is 0.0606. The van der Waals surface area contributed by atoms with Gasteiger partial charge in [0.15, 0.2) is 0 Å². The summed E-state index contributed by atoms with van der Waals surface area (Å²) in [4.78, 5) is 11.4. The van der Waals surface area contributed by atoms with Crippen LogP contribution in [0.5, 0.6) is 0 Å². The summed E-state index contributed by atoms with van der Waals surface area (Å²) in [6.45, 7) is 10.1. The van der Waals surface area contributed by atoms with Crippen molar-refractivity contribution in [3.8, 4) is 0 Å². The molecule has 24 heavy (non-hydrogen) atoms. The van der Waals surface area contributed by atoms with E-state index in [4.69, 9.17) is 9.31 Å². The first-order chi connectivity index (χ1) is 11.2. The molecule has 1 amide bonds. The third kappa shape index (κ3) is 3.28. The maximum atomic E-state index is 11.4. The first-order valence-corrected chi connectivity index (χ1v) is 8.60. The predicted molar refractivity (Wildman–Crippen MR) is 96.6 cm³/mol. The Kier molecular flexibility index (Phi) is 4.35. The van der Waals surface area contributed by atoms with Crippen LogP contribution in [0, 0.1) is 0 Å². The number of rotatable bonds is 4. The molecule has 0 radical (unpaired) electrons. The lowest BCUT2D eigenvalue weighted by Crippen LogP contribution is -2.41. The van der Waals surface area contributed by atoms with E-state index in [1.807, 2.05) is 27.7 Å². The second-order valence-electron chi connectivity index (χ2n) is 7.75. The van der Waals surface area contributed by atoms with Crippen molar-refractivity contribution in [3.05, 3.63) is 40.4 Å². The Balaban J connectivity index is 1.87. The van der Waals surface area contributed by atoms with Crippen molar-refractivity contribution in [3.63, 3.8) is 0 Å². The largest absolute Gasteiger partial charge is 0.492 e. The quantitative estimate of drug-likeness (QED) is 0.865. The highest BCUT2D eigenvalue weighted by atomic mass is 16.7. The number of carbonyl (C=O) groups is 1. The van der Waals surface area contributed by atoms with Gasteiger partial charge in [0, 0.05) is 13.5 Å². The molecule has 1 aromatic rings. The van der Waals surface area contributed by atoms with Crippen molar-refractivity contribution < 1.29 is 14.1 Å². The molecule has 1 heterocycles. The summed E-state index contributed by atoms with van der Waals surface area (Å²) in [6.07, 6.45) is 4.40. The van der Waals surface area contributed by atoms with Crippen LogP contribution in [-0.4, -0.2) is 30.8 Å². The Bertz CT molecular complexity index is 678. The van der Waals surface area contributed by atoms with Gasteiger partial charge in [0.1, 0.15) is 0 Å². The summed E-state index contributed by atoms with van der Waals surface area (Å²) >= 11 is 0. The minimum atomic E-state index is -0.451. The number of amides is 1. The van der Waals surface area contributed by atoms with Crippen molar-refractivity contribution in [2.75, 3.05) is 6.54 Å². The number of carbonyl (C=O) groups excluding carboxylic acids is 1. The van der Waals surface area contributed by atoms with E-state index < -0.39 is 18.3 Å². The number of hydrogen-bond acceptors (Lipinski definition) is 3. The highest BCUT2D eigenvalue weighted by Crippen LogP contribution is 2.38. The second kappa shape index (κ2) is 6.05. The standard InChI is InChI=1S/C19H26BNO3/c1-13(22)21-12-17(20-23-18(2,3)19(4,5)24-20)11-14-6-7-15-8-9-16(15)10-14/h6-7,10-11H,8-9,12H2,1-5H3,(H,21,22). The number of aryl methyl sites for hydroxylation is 2. The average Bonchev–Trinajstić information content (AvgIpc) is 2.66. The third-order valence-electron chi connectivity index (χ3n) is 5.34. The minimum Gasteiger partial charge on any atom is -0.400 e. The summed E-state index contributed by atoms with van der Waals surface area (Å²) in [5.74, 6) is -0.0606. The van der Waals surface area contributed by atoms with E-state index in [0.717, 1.165) is 17.5 Å². The SMILES string of the molecule is CC(=O)NCC(=Cc1ccc2c(c1)CC2)B1OC(C)(C)C(C)(C)O1. The highest BCUT2D eigenvalue weighted by Gasteiger charge is 2.52. The molecule has 0 saturated carbocycles. The van der Waals surface area contributed by atoms with Crippen LogP contribution in [0.4, 0.5) is 0 Å². The molecule has 0 aromatic heterocycles. The first-order valence-electron chi connectivity index (χ1n) is 8.60. The van der Waals surface area contributed by atoms with Gasteiger partial charge in [-0.2, -0.15) is 0 Å². The molecule has 1 aliphatic carbocycles. The Morgan fingerprint density at radius 2 is 1.79 bits per heavy atom. The van der Waals surface area contributed by atoms with Gasteiger partial charge >= 0.3 is 7.12 Å². The number of fused-ring (bicyclic) bond motifs is 1. The van der Waals surface area contributed by atoms with Gasteiger partial charge in [-0.15, -0.1) is 0 Å². The Hall–Kier alpha value is -1.59. The fraction of sp³-hybridized carbons (Fsp3) is 0.526. The summed E-state index contributed by atoms with van der Waals surface area (Å²) in [6, 6.07) is 6.53. The highest BCUT2D eigenvalue weighted by molar-refractivity contribution is 6.56. The van der Waals surface area contributed by atoms with Crippen molar-refractivity contribution in [1.29, 1.82) is 0 Å². The zero-order chi connectivity index (χ0) is 17.5. The van der Waals surface area contributed by atoms with E-state index in [2.05, 4.69) is 29.6 Å². The van der Waals surface area contributed by atoms with Crippen molar-refractivity contribution in [1.82, 2.24) is 5.32 Å². The van der Waals surface area contributed by atoms with E-state index in [-0.39, 0.29) is 5.91 Å². The van der Waals surface area contributed by atoms with Crippen molar-refractivity contribution in [2.24, 2.45) is 0 Å². The maximum absolute atomic E-state index is 11.4. The molecule has 0 atom stereocenters. The fourth-order valence-corrected chi connectivity index (χ4v) is 2.94. The number of hydrogen-bond donors (Lipinski definition) is 1. The third-order valence-corrected chi connectivity index (χ3v) is 5.34. The lowest BCUT2D eigenvalue weighted by Gasteiger charge is -2.32. The normalized spacial score (nSPS) is 21.2. The van der Waals surface area contributed by atoms with E-state index in [1.54, 1.807) is 0 Å². The van der Waals surface area contributed by atoms with Gasteiger partial charge in [-0.1, -0.05) is 24.3 Å². The van der Waals surface area contributed by atoms with E-state index in [9.17, 15) is 4.79 Å². The zero-order valence-electron chi connectivity index (χ0n) is 15.2. The van der Waals surface area contributed by atoms with Gasteiger partial charge in [-0.3, -0.25) is 4.79 Å². The van der Waals surface area contributed by atoms with Gasteiger partial charge in [0.05, 0.1) is 11.2 Å². The molecule has 0 spiro atoms. The molecule has 3 rings (SSSR count). The summed E-state index contributed by atoms with van der Waals surface area (Å²) in [5.41, 5.74) is 4.12. The number of benzene rings is 1. The lowest BCUT2D eigenvalue weighted by atomic mass is 9.76. The molecule has 4 nitrogen and oxygen atoms in total. The maximum Gasteiger partial charge on any atom is 0.492 e. The van der Waals surface area contributed by atoms with Crippen molar-refractivity contribution in [2.45, 2.75) is 58.7 Å². The Morgan fingerprint density at radius 1 is 1.17 bits per heavy atom. The molecule has 0 unspecified atom stereocenters. The first kappa shape index (κ1) is 17.2. The summed E-state index contributed by atoms with van der Waals surface area (Å²) in [7, 11) is -0.451. The zero-order valence-corrected chi connectivity index (χ0v) is 15.2. The van der Waals surface area contributed by atoms with Crippen LogP contribution in [-0.2, 0) is 26.9 Å². The Morgan fingerprint density at radius 3 is 2.29 bits per heavy atom. The summed E-state index contributed by atoms with van der Waals surface area (Å²) < 4.78 is 12.3. The lowest BCUT2D eigenvalue weighted by molar-refractivity contribution is -0.118. The van der Waals surface area contributed by atoms with Crippen molar-refractivity contribution >= 4 is 19.1 Å². The van der Waals surface area contributed by atoms with Gasteiger partial charge in [0.25, 0.3) is 0 Å².